The molecule has 0 aliphatic carbocycles. The Kier molecular flexibility index (Phi) is 3.28. The largest absolute Gasteiger partial charge is 0.486 e. The van der Waals surface area contributed by atoms with Gasteiger partial charge in [-0.25, -0.2) is 0 Å². The highest BCUT2D eigenvalue weighted by atomic mass is 16.6. The molecule has 1 atom stereocenters. The fourth-order valence-electron chi connectivity index (χ4n) is 2.62. The Morgan fingerprint density at radius 1 is 1.28 bits per heavy atom. The van der Waals surface area contributed by atoms with Crippen LogP contribution in [0.15, 0.2) is 18.2 Å². The maximum Gasteiger partial charge on any atom is 0.163 e. The normalized spacial score (nSPS) is 21.9. The number of ether oxygens (including phenoxy) is 2. The van der Waals surface area contributed by atoms with Crippen molar-refractivity contribution in [1.82, 2.24) is 5.32 Å². The Bertz CT molecular complexity index is 416. The van der Waals surface area contributed by atoms with Gasteiger partial charge in [0.05, 0.1) is 0 Å². The van der Waals surface area contributed by atoms with Crippen molar-refractivity contribution < 1.29 is 9.47 Å². The number of nitrogens with zero attached hydrogens (tertiary/aromatic N) is 1. The van der Waals surface area contributed by atoms with E-state index in [9.17, 15) is 0 Å². The molecule has 0 saturated carbocycles. The second kappa shape index (κ2) is 5.06. The summed E-state index contributed by atoms with van der Waals surface area (Å²) in [6.07, 6.45) is 2.56. The van der Waals surface area contributed by atoms with Gasteiger partial charge in [0.2, 0.25) is 0 Å². The van der Waals surface area contributed by atoms with Gasteiger partial charge < -0.3 is 19.7 Å². The number of hydrogen-bond donors (Lipinski definition) is 1. The van der Waals surface area contributed by atoms with Crippen molar-refractivity contribution in [1.29, 1.82) is 0 Å². The zero-order valence-electron chi connectivity index (χ0n) is 10.8. The fraction of sp³-hybridized carbons (Fsp3) is 0.571. The van der Waals surface area contributed by atoms with Gasteiger partial charge in [-0.1, -0.05) is 0 Å². The standard InChI is InChI=1S/C14H20N2O2/c1-16(10-11-3-2-6-15-11)12-4-5-13-14(9-12)18-8-7-17-13/h4-5,9,11,15H,2-3,6-8,10H2,1H3. The molecule has 1 aromatic rings. The van der Waals surface area contributed by atoms with E-state index in [4.69, 9.17) is 9.47 Å². The molecule has 0 aromatic heterocycles. The maximum atomic E-state index is 5.62. The van der Waals surface area contributed by atoms with E-state index in [1.54, 1.807) is 0 Å². The molecule has 0 bridgehead atoms. The highest BCUT2D eigenvalue weighted by Crippen LogP contribution is 2.33. The smallest absolute Gasteiger partial charge is 0.163 e. The predicted octanol–water partition coefficient (Wildman–Crippen LogP) is 1.65. The summed E-state index contributed by atoms with van der Waals surface area (Å²) in [5.41, 5.74) is 1.19. The van der Waals surface area contributed by atoms with Gasteiger partial charge in [-0.05, 0) is 31.5 Å². The molecule has 0 spiro atoms. The fourth-order valence-corrected chi connectivity index (χ4v) is 2.62. The van der Waals surface area contributed by atoms with Crippen LogP contribution in [-0.4, -0.2) is 39.4 Å². The lowest BCUT2D eigenvalue weighted by molar-refractivity contribution is 0.171. The van der Waals surface area contributed by atoms with Crippen molar-refractivity contribution in [2.45, 2.75) is 18.9 Å². The first kappa shape index (κ1) is 11.7. The lowest BCUT2D eigenvalue weighted by atomic mass is 10.2. The van der Waals surface area contributed by atoms with E-state index < -0.39 is 0 Å². The van der Waals surface area contributed by atoms with Crippen molar-refractivity contribution in [2.75, 3.05) is 38.3 Å². The number of nitrogens with one attached hydrogen (secondary N) is 1. The Morgan fingerprint density at radius 3 is 2.89 bits per heavy atom. The van der Waals surface area contributed by atoms with Crippen molar-refractivity contribution in [3.63, 3.8) is 0 Å². The molecule has 1 N–H and O–H groups in total. The number of anilines is 1. The van der Waals surface area contributed by atoms with Gasteiger partial charge in [-0.2, -0.15) is 0 Å². The van der Waals surface area contributed by atoms with Crippen LogP contribution >= 0.6 is 0 Å². The first-order chi connectivity index (χ1) is 8.83. The van der Waals surface area contributed by atoms with Gasteiger partial charge in [-0.3, -0.25) is 0 Å². The number of likely N-dealkylation sites (N-methyl/N-ethyl adjacent to an activating group) is 1. The van der Waals surface area contributed by atoms with E-state index in [1.807, 2.05) is 6.07 Å². The molecule has 1 unspecified atom stereocenters. The monoisotopic (exact) mass is 248 g/mol. The van der Waals surface area contributed by atoms with Crippen molar-refractivity contribution in [3.8, 4) is 11.5 Å². The molecule has 0 radical (unpaired) electrons. The molecule has 98 valence electrons. The zero-order valence-corrected chi connectivity index (χ0v) is 10.8. The minimum absolute atomic E-state index is 0.614. The van der Waals surface area contributed by atoms with Crippen LogP contribution < -0.4 is 19.7 Å². The average Bonchev–Trinajstić information content (AvgIpc) is 2.91. The third-order valence-electron chi connectivity index (χ3n) is 3.62. The van der Waals surface area contributed by atoms with E-state index in [-0.39, 0.29) is 0 Å². The summed E-state index contributed by atoms with van der Waals surface area (Å²) in [5, 5.41) is 3.52. The van der Waals surface area contributed by atoms with Gasteiger partial charge in [0.25, 0.3) is 0 Å². The summed E-state index contributed by atoms with van der Waals surface area (Å²) < 4.78 is 11.2. The van der Waals surface area contributed by atoms with Crippen LogP contribution in [0.1, 0.15) is 12.8 Å². The number of benzene rings is 1. The zero-order chi connectivity index (χ0) is 12.4. The Labute approximate surface area is 108 Å². The van der Waals surface area contributed by atoms with Crippen molar-refractivity contribution in [3.05, 3.63) is 18.2 Å². The van der Waals surface area contributed by atoms with Crippen LogP contribution in [0, 0.1) is 0 Å². The van der Waals surface area contributed by atoms with Crippen LogP contribution in [0.25, 0.3) is 0 Å². The first-order valence-corrected chi connectivity index (χ1v) is 6.67. The Morgan fingerprint density at radius 2 is 2.11 bits per heavy atom. The second-order valence-corrected chi connectivity index (χ2v) is 5.00. The molecule has 1 saturated heterocycles. The lowest BCUT2D eigenvalue weighted by Gasteiger charge is -2.25. The summed E-state index contributed by atoms with van der Waals surface area (Å²) >= 11 is 0. The average molecular weight is 248 g/mol. The van der Waals surface area contributed by atoms with Crippen LogP contribution in [0.4, 0.5) is 5.69 Å². The topological polar surface area (TPSA) is 33.7 Å². The molecule has 4 heteroatoms. The lowest BCUT2D eigenvalue weighted by Crippen LogP contribution is -2.35. The van der Waals surface area contributed by atoms with Gasteiger partial charge in [0, 0.05) is 31.4 Å². The summed E-state index contributed by atoms with van der Waals surface area (Å²) in [7, 11) is 2.13. The predicted molar refractivity (Wildman–Crippen MR) is 71.7 cm³/mol. The maximum absolute atomic E-state index is 5.62. The highest BCUT2D eigenvalue weighted by molar-refractivity contribution is 5.56. The quantitative estimate of drug-likeness (QED) is 0.882. The van der Waals surface area contributed by atoms with Crippen molar-refractivity contribution in [2.24, 2.45) is 0 Å². The molecule has 0 amide bonds. The minimum atomic E-state index is 0.614. The molecular formula is C14H20N2O2. The van der Waals surface area contributed by atoms with Crippen LogP contribution in [0.3, 0.4) is 0 Å². The SMILES string of the molecule is CN(CC1CCCN1)c1ccc2c(c1)OCCO2. The van der Waals surface area contributed by atoms with Crippen molar-refractivity contribution >= 4 is 5.69 Å². The molecule has 18 heavy (non-hydrogen) atoms. The van der Waals surface area contributed by atoms with E-state index in [1.165, 1.54) is 18.5 Å². The molecule has 2 aliphatic rings. The second-order valence-electron chi connectivity index (χ2n) is 5.00. The van der Waals surface area contributed by atoms with Gasteiger partial charge in [-0.15, -0.1) is 0 Å². The number of rotatable bonds is 3. The molecule has 4 nitrogen and oxygen atoms in total. The van der Waals surface area contributed by atoms with Crippen LogP contribution in [-0.2, 0) is 0 Å². The number of fused-ring (bicyclic) bond motifs is 1. The van der Waals surface area contributed by atoms with Crippen LogP contribution in [0.5, 0.6) is 11.5 Å². The summed E-state index contributed by atoms with van der Waals surface area (Å²) in [4.78, 5) is 2.28. The molecule has 1 aromatic carbocycles. The molecule has 2 aliphatic heterocycles. The Hall–Kier alpha value is -1.42. The van der Waals surface area contributed by atoms with Crippen LogP contribution in [0.2, 0.25) is 0 Å². The van der Waals surface area contributed by atoms with Gasteiger partial charge in [0.1, 0.15) is 13.2 Å². The summed E-state index contributed by atoms with van der Waals surface area (Å²) in [6, 6.07) is 6.79. The van der Waals surface area contributed by atoms with Gasteiger partial charge >= 0.3 is 0 Å². The third-order valence-corrected chi connectivity index (χ3v) is 3.62. The van der Waals surface area contributed by atoms with E-state index in [2.05, 4.69) is 29.4 Å². The highest BCUT2D eigenvalue weighted by Gasteiger charge is 2.18. The molecular weight excluding hydrogens is 228 g/mol. The van der Waals surface area contributed by atoms with E-state index in [0.29, 0.717) is 19.3 Å². The van der Waals surface area contributed by atoms with E-state index >= 15 is 0 Å². The summed E-state index contributed by atoms with van der Waals surface area (Å²) in [6.45, 7) is 3.48. The first-order valence-electron chi connectivity index (χ1n) is 6.67. The third kappa shape index (κ3) is 2.38. The summed E-state index contributed by atoms with van der Waals surface area (Å²) in [5.74, 6) is 1.72. The van der Waals surface area contributed by atoms with E-state index in [0.717, 1.165) is 24.6 Å². The van der Waals surface area contributed by atoms with Gasteiger partial charge in [0.15, 0.2) is 11.5 Å². The Balaban J connectivity index is 1.70. The number of hydrogen-bond acceptors (Lipinski definition) is 4. The molecule has 3 rings (SSSR count). The minimum Gasteiger partial charge on any atom is -0.486 e. The molecule has 1 fully saturated rings. The molecule has 2 heterocycles.